The highest BCUT2D eigenvalue weighted by molar-refractivity contribution is 5.96. The second-order valence-electron chi connectivity index (χ2n) is 7.73. The Balaban J connectivity index is 1.86. The van der Waals surface area contributed by atoms with E-state index in [-0.39, 0.29) is 30.8 Å². The van der Waals surface area contributed by atoms with E-state index in [0.717, 1.165) is 40.0 Å². The normalized spacial score (nSPS) is 10.4. The van der Waals surface area contributed by atoms with Crippen LogP contribution in [-0.2, 0) is 14.4 Å². The van der Waals surface area contributed by atoms with Crippen LogP contribution in [0, 0.1) is 27.7 Å². The molecule has 7 heteroatoms. The van der Waals surface area contributed by atoms with Gasteiger partial charge in [-0.1, -0.05) is 30.7 Å². The monoisotopic (exact) mass is 424 g/mol. The first-order valence-corrected chi connectivity index (χ1v) is 10.5. The van der Waals surface area contributed by atoms with Gasteiger partial charge >= 0.3 is 0 Å². The number of nitrogens with one attached hydrogen (secondary N) is 4. The van der Waals surface area contributed by atoms with E-state index in [1.165, 1.54) is 0 Å². The van der Waals surface area contributed by atoms with Gasteiger partial charge in [0, 0.05) is 23.5 Å². The molecule has 2 aromatic rings. The molecule has 3 amide bonds. The molecule has 7 nitrogen and oxygen atoms in total. The zero-order chi connectivity index (χ0) is 23.0. The van der Waals surface area contributed by atoms with Gasteiger partial charge in [-0.25, -0.2) is 0 Å². The highest BCUT2D eigenvalue weighted by Gasteiger charge is 2.11. The molecule has 0 aromatic heterocycles. The molecule has 0 saturated carbocycles. The Morgan fingerprint density at radius 3 is 2.10 bits per heavy atom. The standard InChI is InChI=1S/C24H32N4O3/c1-6-8-21(29)27-20-10-7-9-19(18(20)5)25-13-22(30)26-14-23(31)28-24-16(3)11-15(2)12-17(24)4/h7,9-12,25H,6,8,13-14H2,1-5H3,(H,26,30)(H,27,29)(H,28,31). The zero-order valence-electron chi connectivity index (χ0n) is 18.9. The molecular formula is C24H32N4O3. The number of benzene rings is 2. The lowest BCUT2D eigenvalue weighted by Gasteiger charge is -2.15. The van der Waals surface area contributed by atoms with E-state index in [2.05, 4.69) is 21.3 Å². The molecule has 4 N–H and O–H groups in total. The number of hydrogen-bond donors (Lipinski definition) is 4. The van der Waals surface area contributed by atoms with E-state index in [1.54, 1.807) is 0 Å². The van der Waals surface area contributed by atoms with Gasteiger partial charge in [-0.2, -0.15) is 0 Å². The van der Waals surface area contributed by atoms with Crippen molar-refractivity contribution in [1.82, 2.24) is 5.32 Å². The zero-order valence-corrected chi connectivity index (χ0v) is 18.9. The number of aryl methyl sites for hydroxylation is 3. The van der Waals surface area contributed by atoms with Crippen molar-refractivity contribution in [1.29, 1.82) is 0 Å². The minimum atomic E-state index is -0.299. The summed E-state index contributed by atoms with van der Waals surface area (Å²) in [5.41, 5.74) is 6.20. The van der Waals surface area contributed by atoms with Crippen LogP contribution >= 0.6 is 0 Å². The van der Waals surface area contributed by atoms with E-state index in [9.17, 15) is 14.4 Å². The van der Waals surface area contributed by atoms with E-state index in [0.29, 0.717) is 12.1 Å². The fourth-order valence-corrected chi connectivity index (χ4v) is 3.38. The molecule has 166 valence electrons. The highest BCUT2D eigenvalue weighted by atomic mass is 16.2. The van der Waals surface area contributed by atoms with E-state index < -0.39 is 0 Å². The molecule has 2 aromatic carbocycles. The Kier molecular flexibility index (Phi) is 8.61. The minimum Gasteiger partial charge on any atom is -0.376 e. The number of carbonyl (C=O) groups excluding carboxylic acids is 3. The van der Waals surface area contributed by atoms with Crippen LogP contribution in [0.3, 0.4) is 0 Å². The summed E-state index contributed by atoms with van der Waals surface area (Å²) in [6.07, 6.45) is 1.24. The van der Waals surface area contributed by atoms with Crippen molar-refractivity contribution in [2.75, 3.05) is 29.0 Å². The molecule has 0 saturated heterocycles. The number of anilines is 3. The highest BCUT2D eigenvalue weighted by Crippen LogP contribution is 2.23. The Bertz CT molecular complexity index is 946. The van der Waals surface area contributed by atoms with Crippen LogP contribution in [0.15, 0.2) is 30.3 Å². The average Bonchev–Trinajstić information content (AvgIpc) is 2.70. The predicted octanol–water partition coefficient (Wildman–Crippen LogP) is 3.83. The summed E-state index contributed by atoms with van der Waals surface area (Å²) >= 11 is 0. The van der Waals surface area contributed by atoms with Gasteiger partial charge < -0.3 is 21.3 Å². The van der Waals surface area contributed by atoms with E-state index in [4.69, 9.17) is 0 Å². The maximum Gasteiger partial charge on any atom is 0.243 e. The molecule has 0 aliphatic heterocycles. The summed E-state index contributed by atoms with van der Waals surface area (Å²) < 4.78 is 0. The van der Waals surface area contributed by atoms with Gasteiger partial charge in [-0.05, 0) is 62.9 Å². The van der Waals surface area contributed by atoms with Gasteiger partial charge in [0.15, 0.2) is 0 Å². The van der Waals surface area contributed by atoms with Gasteiger partial charge in [0.25, 0.3) is 0 Å². The Morgan fingerprint density at radius 1 is 0.806 bits per heavy atom. The Labute approximate surface area is 184 Å². The number of carbonyl (C=O) groups is 3. The van der Waals surface area contributed by atoms with Crippen LogP contribution in [0.1, 0.15) is 42.0 Å². The van der Waals surface area contributed by atoms with Crippen molar-refractivity contribution in [3.8, 4) is 0 Å². The number of rotatable bonds is 9. The molecule has 31 heavy (non-hydrogen) atoms. The molecule has 0 unspecified atom stereocenters. The first-order chi connectivity index (χ1) is 14.7. The molecule has 0 heterocycles. The van der Waals surface area contributed by atoms with Crippen LogP contribution in [-0.4, -0.2) is 30.8 Å². The molecular weight excluding hydrogens is 392 g/mol. The summed E-state index contributed by atoms with van der Waals surface area (Å²) in [6, 6.07) is 9.49. The summed E-state index contributed by atoms with van der Waals surface area (Å²) in [6.45, 7) is 9.63. The summed E-state index contributed by atoms with van der Waals surface area (Å²) in [4.78, 5) is 36.3. The predicted molar refractivity (Wildman–Crippen MR) is 125 cm³/mol. The van der Waals surface area contributed by atoms with E-state index >= 15 is 0 Å². The smallest absolute Gasteiger partial charge is 0.243 e. The third-order valence-corrected chi connectivity index (χ3v) is 4.91. The third kappa shape index (κ3) is 7.13. The van der Waals surface area contributed by atoms with Gasteiger partial charge in [-0.3, -0.25) is 14.4 Å². The third-order valence-electron chi connectivity index (χ3n) is 4.91. The molecule has 0 aliphatic carbocycles. The SMILES string of the molecule is CCCC(=O)Nc1cccc(NCC(=O)NCC(=O)Nc2c(C)cc(C)cc2C)c1C. The van der Waals surface area contributed by atoms with Crippen LogP contribution in [0.2, 0.25) is 0 Å². The summed E-state index contributed by atoms with van der Waals surface area (Å²) in [5, 5.41) is 11.4. The molecule has 0 aliphatic rings. The molecule has 0 radical (unpaired) electrons. The molecule has 0 fully saturated rings. The van der Waals surface area contributed by atoms with Crippen LogP contribution in [0.5, 0.6) is 0 Å². The van der Waals surface area contributed by atoms with Crippen molar-refractivity contribution in [2.45, 2.75) is 47.5 Å². The fraction of sp³-hybridized carbons (Fsp3) is 0.375. The molecule has 2 rings (SSSR count). The molecule has 0 spiro atoms. The fourth-order valence-electron chi connectivity index (χ4n) is 3.38. The van der Waals surface area contributed by atoms with Gasteiger partial charge in [0.1, 0.15) is 0 Å². The van der Waals surface area contributed by atoms with Gasteiger partial charge in [0.2, 0.25) is 17.7 Å². The van der Waals surface area contributed by atoms with Crippen molar-refractivity contribution in [2.24, 2.45) is 0 Å². The minimum absolute atomic E-state index is 0.0169. The van der Waals surface area contributed by atoms with Crippen LogP contribution < -0.4 is 21.3 Å². The summed E-state index contributed by atoms with van der Waals surface area (Å²) in [7, 11) is 0. The van der Waals surface area contributed by atoms with Gasteiger partial charge in [-0.15, -0.1) is 0 Å². The van der Waals surface area contributed by atoms with Crippen LogP contribution in [0.4, 0.5) is 17.1 Å². The second-order valence-corrected chi connectivity index (χ2v) is 7.73. The number of hydrogen-bond acceptors (Lipinski definition) is 4. The first kappa shape index (κ1) is 23.9. The lowest BCUT2D eigenvalue weighted by Crippen LogP contribution is -2.36. The summed E-state index contributed by atoms with van der Waals surface area (Å²) in [5.74, 6) is -0.613. The first-order valence-electron chi connectivity index (χ1n) is 10.5. The maximum absolute atomic E-state index is 12.2. The lowest BCUT2D eigenvalue weighted by molar-refractivity contribution is -0.122. The maximum atomic E-state index is 12.2. The lowest BCUT2D eigenvalue weighted by atomic mass is 10.1. The van der Waals surface area contributed by atoms with Crippen molar-refractivity contribution in [3.63, 3.8) is 0 Å². The molecule has 0 atom stereocenters. The topological polar surface area (TPSA) is 99.3 Å². The van der Waals surface area contributed by atoms with Crippen molar-refractivity contribution >= 4 is 34.8 Å². The van der Waals surface area contributed by atoms with Crippen molar-refractivity contribution < 1.29 is 14.4 Å². The van der Waals surface area contributed by atoms with E-state index in [1.807, 2.05) is 65.0 Å². The second kappa shape index (κ2) is 11.2. The Morgan fingerprint density at radius 2 is 1.45 bits per heavy atom. The average molecular weight is 425 g/mol. The molecule has 0 bridgehead atoms. The Hall–Kier alpha value is -3.35. The largest absolute Gasteiger partial charge is 0.376 e. The number of amides is 3. The van der Waals surface area contributed by atoms with Crippen molar-refractivity contribution in [3.05, 3.63) is 52.6 Å². The quantitative estimate of drug-likeness (QED) is 0.492. The van der Waals surface area contributed by atoms with Gasteiger partial charge in [0.05, 0.1) is 13.1 Å². The van der Waals surface area contributed by atoms with Crippen LogP contribution in [0.25, 0.3) is 0 Å².